The standard InChI is InChI=1S/C24H24N4O4S/c1-16-7-9-19(10-8-16)33(30,31)20(13-25)12-21-23(27-14-17(2)32-18(3)15-27)26-22-6-4-5-11-28(22)24(21)29/h4-12,17-18H,14-15H2,1-3H3/b20-12+/t17-,18-/m1/s1. The zero-order valence-electron chi connectivity index (χ0n) is 18.6. The molecule has 1 aliphatic rings. The van der Waals surface area contributed by atoms with Crippen LogP contribution in [0.2, 0.25) is 0 Å². The van der Waals surface area contributed by atoms with E-state index in [2.05, 4.69) is 4.98 Å². The third kappa shape index (κ3) is 4.40. The molecule has 0 aliphatic carbocycles. The summed E-state index contributed by atoms with van der Waals surface area (Å²) in [5.41, 5.74) is 0.925. The van der Waals surface area contributed by atoms with Gasteiger partial charge in [-0.15, -0.1) is 0 Å². The Morgan fingerprint density at radius 2 is 1.82 bits per heavy atom. The van der Waals surface area contributed by atoms with Crippen LogP contribution in [0.1, 0.15) is 25.0 Å². The third-order valence-corrected chi connectivity index (χ3v) is 7.16. The Kier molecular flexibility index (Phi) is 6.06. The number of ether oxygens (including phenoxy) is 1. The Morgan fingerprint density at radius 3 is 2.45 bits per heavy atom. The second kappa shape index (κ2) is 8.81. The summed E-state index contributed by atoms with van der Waals surface area (Å²) in [6.45, 7) is 6.65. The summed E-state index contributed by atoms with van der Waals surface area (Å²) in [6.07, 6.45) is 2.50. The van der Waals surface area contributed by atoms with E-state index in [4.69, 9.17) is 4.74 Å². The Hall–Kier alpha value is -3.48. The number of hydrogen-bond donors (Lipinski definition) is 0. The van der Waals surface area contributed by atoms with Gasteiger partial charge in [-0.25, -0.2) is 13.4 Å². The fourth-order valence-corrected chi connectivity index (χ4v) is 5.10. The second-order valence-corrected chi connectivity index (χ2v) is 10.1. The van der Waals surface area contributed by atoms with Gasteiger partial charge >= 0.3 is 0 Å². The molecule has 3 heterocycles. The molecule has 0 amide bonds. The lowest BCUT2D eigenvalue weighted by Gasteiger charge is -2.36. The molecule has 0 bridgehead atoms. The van der Waals surface area contributed by atoms with E-state index in [1.807, 2.05) is 25.7 Å². The first-order valence-corrected chi connectivity index (χ1v) is 12.0. The van der Waals surface area contributed by atoms with Gasteiger partial charge in [-0.05, 0) is 51.1 Å². The molecule has 9 heteroatoms. The maximum absolute atomic E-state index is 13.4. The van der Waals surface area contributed by atoms with E-state index in [1.165, 1.54) is 16.5 Å². The zero-order valence-corrected chi connectivity index (χ0v) is 19.4. The normalized spacial score (nSPS) is 19.5. The van der Waals surface area contributed by atoms with Crippen molar-refractivity contribution >= 4 is 27.4 Å². The first kappa shape index (κ1) is 22.7. The minimum Gasteiger partial charge on any atom is -0.372 e. The number of anilines is 1. The van der Waals surface area contributed by atoms with Gasteiger partial charge < -0.3 is 9.64 Å². The molecule has 1 saturated heterocycles. The molecule has 1 fully saturated rings. The molecule has 8 nitrogen and oxygen atoms in total. The predicted molar refractivity (Wildman–Crippen MR) is 126 cm³/mol. The maximum atomic E-state index is 13.4. The minimum atomic E-state index is -4.12. The molecule has 4 rings (SSSR count). The van der Waals surface area contributed by atoms with Gasteiger partial charge in [0.15, 0.2) is 0 Å². The molecule has 3 aromatic rings. The molecule has 33 heavy (non-hydrogen) atoms. The average molecular weight is 465 g/mol. The van der Waals surface area contributed by atoms with Crippen LogP contribution in [-0.2, 0) is 14.6 Å². The van der Waals surface area contributed by atoms with Crippen molar-refractivity contribution in [3.05, 3.63) is 75.0 Å². The van der Waals surface area contributed by atoms with Crippen LogP contribution in [-0.4, -0.2) is 43.1 Å². The summed E-state index contributed by atoms with van der Waals surface area (Å²) >= 11 is 0. The number of allylic oxidation sites excluding steroid dienone is 1. The van der Waals surface area contributed by atoms with Crippen molar-refractivity contribution in [1.29, 1.82) is 5.26 Å². The topological polar surface area (TPSA) is 105 Å². The first-order chi connectivity index (χ1) is 15.7. The third-order valence-electron chi connectivity index (χ3n) is 5.47. The van der Waals surface area contributed by atoms with Crippen LogP contribution in [0.3, 0.4) is 0 Å². The van der Waals surface area contributed by atoms with E-state index in [-0.39, 0.29) is 22.7 Å². The SMILES string of the molecule is Cc1ccc(S(=O)(=O)/C(C#N)=C/c2c(N3C[C@@H](C)O[C@H](C)C3)nc3ccccn3c2=O)cc1. The average Bonchev–Trinajstić information content (AvgIpc) is 2.78. The largest absolute Gasteiger partial charge is 0.372 e. The molecule has 170 valence electrons. The summed E-state index contributed by atoms with van der Waals surface area (Å²) in [5, 5.41) is 9.77. The number of pyridine rings is 1. The van der Waals surface area contributed by atoms with Gasteiger partial charge in [0, 0.05) is 19.3 Å². The van der Waals surface area contributed by atoms with Crippen LogP contribution in [0.25, 0.3) is 11.7 Å². The monoisotopic (exact) mass is 464 g/mol. The highest BCUT2D eigenvalue weighted by molar-refractivity contribution is 7.95. The van der Waals surface area contributed by atoms with E-state index in [9.17, 15) is 18.5 Å². The van der Waals surface area contributed by atoms with E-state index < -0.39 is 20.3 Å². The lowest BCUT2D eigenvalue weighted by Crippen LogP contribution is -2.46. The molecule has 0 saturated carbocycles. The van der Waals surface area contributed by atoms with Crippen molar-refractivity contribution in [3.63, 3.8) is 0 Å². The highest BCUT2D eigenvalue weighted by Crippen LogP contribution is 2.26. The van der Waals surface area contributed by atoms with Crippen molar-refractivity contribution in [2.75, 3.05) is 18.0 Å². The van der Waals surface area contributed by atoms with E-state index >= 15 is 0 Å². The van der Waals surface area contributed by atoms with Crippen LogP contribution in [0.15, 0.2) is 63.3 Å². The molecule has 0 spiro atoms. The molecular formula is C24H24N4O4S. The molecular weight excluding hydrogens is 440 g/mol. The number of rotatable bonds is 4. The number of nitrogens with zero attached hydrogens (tertiary/aromatic N) is 4. The second-order valence-electron chi connectivity index (χ2n) is 8.18. The van der Waals surface area contributed by atoms with Gasteiger partial charge in [0.25, 0.3) is 5.56 Å². The van der Waals surface area contributed by atoms with Crippen LogP contribution in [0.5, 0.6) is 0 Å². The van der Waals surface area contributed by atoms with Crippen LogP contribution in [0.4, 0.5) is 5.82 Å². The van der Waals surface area contributed by atoms with Crippen molar-refractivity contribution in [3.8, 4) is 6.07 Å². The Bertz CT molecular complexity index is 1430. The summed E-state index contributed by atoms with van der Waals surface area (Å²) in [7, 11) is -4.12. The van der Waals surface area contributed by atoms with Gasteiger partial charge in [0.05, 0.1) is 22.7 Å². The summed E-state index contributed by atoms with van der Waals surface area (Å²) in [5.74, 6) is 0.333. The maximum Gasteiger partial charge on any atom is 0.267 e. The van der Waals surface area contributed by atoms with Crippen LogP contribution >= 0.6 is 0 Å². The van der Waals surface area contributed by atoms with Crippen LogP contribution in [0, 0.1) is 18.3 Å². The number of fused-ring (bicyclic) bond motifs is 1. The highest BCUT2D eigenvalue weighted by Gasteiger charge is 2.28. The van der Waals surface area contributed by atoms with Crippen molar-refractivity contribution in [2.24, 2.45) is 0 Å². The lowest BCUT2D eigenvalue weighted by atomic mass is 10.2. The van der Waals surface area contributed by atoms with Gasteiger partial charge in [0.1, 0.15) is 22.4 Å². The molecule has 1 aromatic carbocycles. The Balaban J connectivity index is 1.94. The number of aryl methyl sites for hydroxylation is 1. The van der Waals surface area contributed by atoms with Gasteiger partial charge in [-0.1, -0.05) is 23.8 Å². The van der Waals surface area contributed by atoms with Crippen molar-refractivity contribution in [2.45, 2.75) is 37.9 Å². The fraction of sp³-hybridized carbons (Fsp3) is 0.292. The summed E-state index contributed by atoms with van der Waals surface area (Å²) < 4.78 is 33.5. The molecule has 1 aliphatic heterocycles. The van der Waals surface area contributed by atoms with Gasteiger partial charge in [-0.2, -0.15) is 5.26 Å². The number of sulfone groups is 1. The van der Waals surface area contributed by atoms with Gasteiger partial charge in [-0.3, -0.25) is 9.20 Å². The number of nitriles is 1. The molecule has 0 radical (unpaired) electrons. The summed E-state index contributed by atoms with van der Waals surface area (Å²) in [6, 6.07) is 13.2. The molecule has 0 unspecified atom stereocenters. The summed E-state index contributed by atoms with van der Waals surface area (Å²) in [4.78, 5) is 19.5. The van der Waals surface area contributed by atoms with Crippen molar-refractivity contribution < 1.29 is 13.2 Å². The quantitative estimate of drug-likeness (QED) is 0.547. The molecule has 2 aromatic heterocycles. The molecule has 2 atom stereocenters. The fourth-order valence-electron chi connectivity index (χ4n) is 3.95. The van der Waals surface area contributed by atoms with E-state index in [1.54, 1.807) is 42.6 Å². The Labute approximate surface area is 192 Å². The van der Waals surface area contributed by atoms with E-state index in [0.29, 0.717) is 24.6 Å². The lowest BCUT2D eigenvalue weighted by molar-refractivity contribution is -0.00546. The smallest absolute Gasteiger partial charge is 0.267 e. The minimum absolute atomic E-state index is 0.00934. The first-order valence-electron chi connectivity index (χ1n) is 10.6. The number of hydrogen-bond acceptors (Lipinski definition) is 7. The highest BCUT2D eigenvalue weighted by atomic mass is 32.2. The number of aromatic nitrogens is 2. The zero-order chi connectivity index (χ0) is 23.8. The van der Waals surface area contributed by atoms with Crippen LogP contribution < -0.4 is 10.5 Å². The molecule has 0 N–H and O–H groups in total. The van der Waals surface area contributed by atoms with E-state index in [0.717, 1.165) is 11.6 Å². The Morgan fingerprint density at radius 1 is 1.15 bits per heavy atom. The number of morpholine rings is 1. The number of benzene rings is 1. The van der Waals surface area contributed by atoms with Crippen molar-refractivity contribution in [1.82, 2.24) is 9.38 Å². The van der Waals surface area contributed by atoms with Gasteiger partial charge in [0.2, 0.25) is 9.84 Å². The predicted octanol–water partition coefficient (Wildman–Crippen LogP) is 2.95.